The Morgan fingerprint density at radius 2 is 1.52 bits per heavy atom. The van der Waals surface area contributed by atoms with Crippen molar-refractivity contribution in [1.29, 1.82) is 0 Å². The number of para-hydroxylation sites is 1. The van der Waals surface area contributed by atoms with Crippen molar-refractivity contribution < 1.29 is 9.59 Å². The molecule has 6 heteroatoms. The van der Waals surface area contributed by atoms with E-state index in [1.807, 2.05) is 30.3 Å². The molecule has 27 heavy (non-hydrogen) atoms. The van der Waals surface area contributed by atoms with E-state index in [1.165, 1.54) is 0 Å². The highest BCUT2D eigenvalue weighted by molar-refractivity contribution is 6.00. The molecular formula is C21H26N4O2. The van der Waals surface area contributed by atoms with Gasteiger partial charge in [0.1, 0.15) is 0 Å². The molecule has 2 aromatic carbocycles. The smallest absolute Gasteiger partial charge is 0.323 e. The Morgan fingerprint density at radius 3 is 2.15 bits per heavy atom. The number of urea groups is 1. The summed E-state index contributed by atoms with van der Waals surface area (Å²) in [6, 6.07) is 15.8. The summed E-state index contributed by atoms with van der Waals surface area (Å²) in [7, 11) is 0. The minimum absolute atomic E-state index is 0.0879. The zero-order valence-electron chi connectivity index (χ0n) is 15.5. The highest BCUT2D eigenvalue weighted by atomic mass is 16.2. The molecule has 142 valence electrons. The summed E-state index contributed by atoms with van der Waals surface area (Å²) in [5.74, 6) is -0.0879. The predicted molar refractivity (Wildman–Crippen MR) is 108 cm³/mol. The number of rotatable bonds is 5. The van der Waals surface area contributed by atoms with Crippen LogP contribution in [0.5, 0.6) is 0 Å². The molecule has 0 saturated carbocycles. The van der Waals surface area contributed by atoms with Gasteiger partial charge in [0.05, 0.1) is 0 Å². The summed E-state index contributed by atoms with van der Waals surface area (Å²) >= 11 is 0. The van der Waals surface area contributed by atoms with Crippen molar-refractivity contribution >= 4 is 23.3 Å². The van der Waals surface area contributed by atoms with Crippen LogP contribution in [0.1, 0.15) is 30.1 Å². The number of anilines is 2. The quantitative estimate of drug-likeness (QED) is 0.654. The van der Waals surface area contributed by atoms with E-state index >= 15 is 0 Å². The molecule has 1 aliphatic rings. The first kappa shape index (κ1) is 18.9. The minimum Gasteiger partial charge on any atom is -0.351 e. The Morgan fingerprint density at radius 1 is 0.926 bits per heavy atom. The third-order valence-electron chi connectivity index (χ3n) is 4.92. The molecule has 1 heterocycles. The molecule has 0 aromatic heterocycles. The number of benzene rings is 2. The molecule has 0 unspecified atom stereocenters. The summed E-state index contributed by atoms with van der Waals surface area (Å²) in [6.45, 7) is 4.88. The van der Waals surface area contributed by atoms with Crippen LogP contribution in [0, 0.1) is 5.41 Å². The fourth-order valence-electron chi connectivity index (χ4n) is 3.12. The fraction of sp³-hybridized carbons (Fsp3) is 0.333. The van der Waals surface area contributed by atoms with E-state index in [4.69, 9.17) is 0 Å². The van der Waals surface area contributed by atoms with Crippen LogP contribution in [0.25, 0.3) is 0 Å². The average molecular weight is 366 g/mol. The number of hydrogen-bond donors (Lipinski definition) is 4. The van der Waals surface area contributed by atoms with Crippen LogP contribution in [-0.4, -0.2) is 31.6 Å². The van der Waals surface area contributed by atoms with Crippen molar-refractivity contribution in [1.82, 2.24) is 10.6 Å². The first-order valence-electron chi connectivity index (χ1n) is 9.26. The molecule has 3 amide bonds. The number of carbonyl (C=O) groups is 2. The second kappa shape index (κ2) is 8.68. The molecule has 1 fully saturated rings. The second-order valence-electron chi connectivity index (χ2n) is 7.27. The van der Waals surface area contributed by atoms with Gasteiger partial charge >= 0.3 is 6.03 Å². The third kappa shape index (κ3) is 5.56. The monoisotopic (exact) mass is 366 g/mol. The van der Waals surface area contributed by atoms with Crippen molar-refractivity contribution in [3.05, 3.63) is 60.2 Å². The van der Waals surface area contributed by atoms with E-state index in [0.717, 1.165) is 31.6 Å². The average Bonchev–Trinajstić information content (AvgIpc) is 2.68. The summed E-state index contributed by atoms with van der Waals surface area (Å²) in [5, 5.41) is 11.9. The number of piperidine rings is 1. The maximum atomic E-state index is 12.4. The van der Waals surface area contributed by atoms with Crippen LogP contribution in [-0.2, 0) is 0 Å². The zero-order chi connectivity index (χ0) is 19.1. The molecule has 0 aliphatic carbocycles. The van der Waals surface area contributed by atoms with E-state index < -0.39 is 0 Å². The van der Waals surface area contributed by atoms with Crippen molar-refractivity contribution in [2.75, 3.05) is 30.3 Å². The molecule has 0 spiro atoms. The Bertz CT molecular complexity index is 769. The van der Waals surface area contributed by atoms with Crippen molar-refractivity contribution in [3.8, 4) is 0 Å². The summed E-state index contributed by atoms with van der Waals surface area (Å²) in [5.41, 5.74) is 2.09. The number of carbonyl (C=O) groups excluding carboxylic acids is 2. The van der Waals surface area contributed by atoms with Gasteiger partial charge in [0, 0.05) is 23.5 Å². The van der Waals surface area contributed by atoms with Crippen LogP contribution < -0.4 is 21.3 Å². The first-order valence-corrected chi connectivity index (χ1v) is 9.26. The van der Waals surface area contributed by atoms with E-state index in [9.17, 15) is 9.59 Å². The van der Waals surface area contributed by atoms with Gasteiger partial charge in [-0.15, -0.1) is 0 Å². The fourth-order valence-corrected chi connectivity index (χ4v) is 3.12. The zero-order valence-corrected chi connectivity index (χ0v) is 15.5. The molecule has 2 aromatic rings. The van der Waals surface area contributed by atoms with Gasteiger partial charge in [-0.25, -0.2) is 4.79 Å². The molecule has 4 N–H and O–H groups in total. The Hall–Kier alpha value is -2.86. The SMILES string of the molecule is CC1(CNC(=O)c2ccc(NC(=O)Nc3ccccc3)cc2)CCNCC1. The highest BCUT2D eigenvalue weighted by Crippen LogP contribution is 2.26. The normalized spacial score (nSPS) is 15.6. The van der Waals surface area contributed by atoms with Gasteiger partial charge in [0.2, 0.25) is 0 Å². The van der Waals surface area contributed by atoms with Gasteiger partial charge in [0.15, 0.2) is 0 Å². The van der Waals surface area contributed by atoms with Gasteiger partial charge < -0.3 is 21.3 Å². The predicted octanol–water partition coefficient (Wildman–Crippen LogP) is 3.45. The van der Waals surface area contributed by atoms with Gasteiger partial charge in [-0.05, 0) is 67.7 Å². The molecule has 1 saturated heterocycles. The molecule has 0 atom stereocenters. The van der Waals surface area contributed by atoms with Crippen molar-refractivity contribution in [2.45, 2.75) is 19.8 Å². The summed E-state index contributed by atoms with van der Waals surface area (Å²) < 4.78 is 0. The standard InChI is InChI=1S/C21H26N4O2/c1-21(11-13-22-14-12-21)15-23-19(26)16-7-9-18(10-8-16)25-20(27)24-17-5-3-2-4-6-17/h2-10,22H,11-15H2,1H3,(H,23,26)(H2,24,25,27). The number of nitrogens with one attached hydrogen (secondary N) is 4. The van der Waals surface area contributed by atoms with Crippen LogP contribution in [0.3, 0.4) is 0 Å². The lowest BCUT2D eigenvalue weighted by molar-refractivity contribution is 0.0922. The van der Waals surface area contributed by atoms with Gasteiger partial charge in [-0.2, -0.15) is 0 Å². The molecular weight excluding hydrogens is 340 g/mol. The van der Waals surface area contributed by atoms with Crippen LogP contribution in [0.4, 0.5) is 16.2 Å². The van der Waals surface area contributed by atoms with E-state index in [-0.39, 0.29) is 17.4 Å². The largest absolute Gasteiger partial charge is 0.351 e. The molecule has 1 aliphatic heterocycles. The first-order chi connectivity index (χ1) is 13.0. The maximum Gasteiger partial charge on any atom is 0.323 e. The van der Waals surface area contributed by atoms with Crippen LogP contribution >= 0.6 is 0 Å². The van der Waals surface area contributed by atoms with Gasteiger partial charge in [-0.3, -0.25) is 4.79 Å². The second-order valence-corrected chi connectivity index (χ2v) is 7.27. The summed E-state index contributed by atoms with van der Waals surface area (Å²) in [4.78, 5) is 24.4. The maximum absolute atomic E-state index is 12.4. The molecule has 3 rings (SSSR count). The molecule has 0 radical (unpaired) electrons. The summed E-state index contributed by atoms with van der Waals surface area (Å²) in [6.07, 6.45) is 2.12. The van der Waals surface area contributed by atoms with Crippen LogP contribution in [0.2, 0.25) is 0 Å². The third-order valence-corrected chi connectivity index (χ3v) is 4.92. The molecule has 0 bridgehead atoms. The lowest BCUT2D eigenvalue weighted by Crippen LogP contribution is -2.42. The lowest BCUT2D eigenvalue weighted by atomic mass is 9.81. The van der Waals surface area contributed by atoms with Crippen LogP contribution in [0.15, 0.2) is 54.6 Å². The Balaban J connectivity index is 1.50. The molecule has 6 nitrogen and oxygen atoms in total. The lowest BCUT2D eigenvalue weighted by Gasteiger charge is -2.34. The number of hydrogen-bond acceptors (Lipinski definition) is 3. The minimum atomic E-state index is -0.322. The van der Waals surface area contributed by atoms with Gasteiger partial charge in [0.25, 0.3) is 5.91 Å². The number of amides is 3. The Labute approximate surface area is 159 Å². The Kier molecular flexibility index (Phi) is 6.08. The van der Waals surface area contributed by atoms with Crippen molar-refractivity contribution in [3.63, 3.8) is 0 Å². The van der Waals surface area contributed by atoms with E-state index in [2.05, 4.69) is 28.2 Å². The van der Waals surface area contributed by atoms with Crippen molar-refractivity contribution in [2.24, 2.45) is 5.41 Å². The van der Waals surface area contributed by atoms with Gasteiger partial charge in [-0.1, -0.05) is 25.1 Å². The van der Waals surface area contributed by atoms with E-state index in [1.54, 1.807) is 24.3 Å². The topological polar surface area (TPSA) is 82.3 Å². The highest BCUT2D eigenvalue weighted by Gasteiger charge is 2.27. The van der Waals surface area contributed by atoms with E-state index in [0.29, 0.717) is 17.8 Å².